The van der Waals surface area contributed by atoms with Crippen LogP contribution in [-0.2, 0) is 9.47 Å². The van der Waals surface area contributed by atoms with Crippen molar-refractivity contribution in [2.24, 2.45) is 0 Å². The van der Waals surface area contributed by atoms with Gasteiger partial charge in [-0.15, -0.1) is 12.4 Å². The molecule has 0 fully saturated rings. The standard InChI is InChI=1S/C16H21NO8.ClH/c1-15(2,3)24-13(20)22-10-7-9(12(18)19)17-8-11(10)23-14(21)25-16(4,5)6;/h7-8H,1-6H3,(H,18,19);1H. The fraction of sp³-hybridized carbons (Fsp3) is 0.500. The average Bonchev–Trinajstić information content (AvgIpc) is 2.35. The summed E-state index contributed by atoms with van der Waals surface area (Å²) in [5, 5.41) is 8.99. The van der Waals surface area contributed by atoms with Crippen LogP contribution < -0.4 is 9.47 Å². The van der Waals surface area contributed by atoms with Crippen LogP contribution in [0.2, 0.25) is 0 Å². The summed E-state index contributed by atoms with van der Waals surface area (Å²) in [7, 11) is 0. The molecule has 1 heterocycles. The molecule has 1 rings (SSSR count). The molecule has 1 N–H and O–H groups in total. The number of carboxylic acid groups (broad SMARTS) is 1. The molecule has 0 bridgehead atoms. The number of nitrogens with zero attached hydrogens (tertiary/aromatic N) is 1. The summed E-state index contributed by atoms with van der Waals surface area (Å²) in [4.78, 5) is 38.2. The third-order valence-electron chi connectivity index (χ3n) is 2.22. The first-order chi connectivity index (χ1) is 11.3. The number of halogens is 1. The maximum Gasteiger partial charge on any atom is 0.514 e. The summed E-state index contributed by atoms with van der Waals surface area (Å²) in [6.07, 6.45) is -1.22. The number of hydrogen-bond donors (Lipinski definition) is 1. The molecule has 26 heavy (non-hydrogen) atoms. The lowest BCUT2D eigenvalue weighted by atomic mass is 10.2. The van der Waals surface area contributed by atoms with Crippen LogP contribution >= 0.6 is 12.4 Å². The number of carbonyl (C=O) groups is 3. The molecule has 0 aliphatic carbocycles. The van der Waals surface area contributed by atoms with Gasteiger partial charge in [-0.1, -0.05) is 0 Å². The molecule has 9 nitrogen and oxygen atoms in total. The third-order valence-corrected chi connectivity index (χ3v) is 2.22. The molecule has 0 atom stereocenters. The van der Waals surface area contributed by atoms with Gasteiger partial charge in [0.2, 0.25) is 0 Å². The normalized spacial score (nSPS) is 11.0. The number of aromatic carboxylic acids is 1. The maximum atomic E-state index is 11.8. The van der Waals surface area contributed by atoms with Crippen LogP contribution in [-0.4, -0.2) is 39.6 Å². The summed E-state index contributed by atoms with van der Waals surface area (Å²) >= 11 is 0. The second-order valence-electron chi connectivity index (χ2n) is 6.95. The van der Waals surface area contributed by atoms with Gasteiger partial charge in [0.15, 0.2) is 17.2 Å². The molecule has 0 aliphatic rings. The second kappa shape index (κ2) is 8.70. The lowest BCUT2D eigenvalue weighted by Gasteiger charge is -2.20. The molecule has 0 saturated heterocycles. The van der Waals surface area contributed by atoms with Crippen LogP contribution in [0.25, 0.3) is 0 Å². The number of pyridine rings is 1. The molecular weight excluding hydrogens is 370 g/mol. The molecule has 10 heteroatoms. The van der Waals surface area contributed by atoms with Crippen molar-refractivity contribution in [3.8, 4) is 11.5 Å². The zero-order chi connectivity index (χ0) is 19.4. The smallest absolute Gasteiger partial charge is 0.477 e. The van der Waals surface area contributed by atoms with Gasteiger partial charge in [-0.2, -0.15) is 0 Å². The Morgan fingerprint density at radius 3 is 1.69 bits per heavy atom. The van der Waals surface area contributed by atoms with Gasteiger partial charge in [0.25, 0.3) is 0 Å². The van der Waals surface area contributed by atoms with Crippen molar-refractivity contribution in [1.82, 2.24) is 4.98 Å². The molecule has 146 valence electrons. The molecule has 0 amide bonds. The molecule has 0 aromatic carbocycles. The van der Waals surface area contributed by atoms with Crippen molar-refractivity contribution < 1.29 is 38.4 Å². The van der Waals surface area contributed by atoms with E-state index in [-0.39, 0.29) is 23.9 Å². The highest BCUT2D eigenvalue weighted by Crippen LogP contribution is 2.29. The molecular formula is C16H22ClNO8. The maximum absolute atomic E-state index is 11.8. The van der Waals surface area contributed by atoms with Crippen molar-refractivity contribution in [2.45, 2.75) is 52.7 Å². The monoisotopic (exact) mass is 391 g/mol. The minimum absolute atomic E-state index is 0. The predicted octanol–water partition coefficient (Wildman–Crippen LogP) is 3.83. The van der Waals surface area contributed by atoms with E-state index in [0.717, 1.165) is 12.3 Å². The lowest BCUT2D eigenvalue weighted by molar-refractivity contribution is 0.0136. The van der Waals surface area contributed by atoms with Crippen LogP contribution in [0.3, 0.4) is 0 Å². The van der Waals surface area contributed by atoms with Crippen LogP contribution in [0.4, 0.5) is 9.59 Å². The Morgan fingerprint density at radius 2 is 1.31 bits per heavy atom. The van der Waals surface area contributed by atoms with Crippen molar-refractivity contribution in [3.63, 3.8) is 0 Å². The van der Waals surface area contributed by atoms with E-state index in [2.05, 4.69) is 4.98 Å². The molecule has 0 spiro atoms. The number of carbonyl (C=O) groups excluding carboxylic acids is 2. The highest BCUT2D eigenvalue weighted by molar-refractivity contribution is 5.86. The van der Waals surface area contributed by atoms with Crippen molar-refractivity contribution in [2.75, 3.05) is 0 Å². The van der Waals surface area contributed by atoms with Crippen LogP contribution in [0.15, 0.2) is 12.3 Å². The lowest BCUT2D eigenvalue weighted by Crippen LogP contribution is -2.27. The van der Waals surface area contributed by atoms with Gasteiger partial charge in [-0.05, 0) is 41.5 Å². The van der Waals surface area contributed by atoms with E-state index in [4.69, 9.17) is 24.1 Å². The molecule has 1 aromatic heterocycles. The number of rotatable bonds is 3. The summed E-state index contributed by atoms with van der Waals surface area (Å²) < 4.78 is 19.8. The molecule has 0 aliphatic heterocycles. The van der Waals surface area contributed by atoms with Crippen molar-refractivity contribution >= 4 is 30.7 Å². The Hall–Kier alpha value is -2.55. The van der Waals surface area contributed by atoms with Gasteiger partial charge in [0.1, 0.15) is 11.2 Å². The van der Waals surface area contributed by atoms with E-state index >= 15 is 0 Å². The van der Waals surface area contributed by atoms with Gasteiger partial charge < -0.3 is 24.1 Å². The van der Waals surface area contributed by atoms with E-state index in [1.165, 1.54) is 0 Å². The summed E-state index contributed by atoms with van der Waals surface area (Å²) in [6.45, 7) is 9.79. The Balaban J connectivity index is 0.00000625. The van der Waals surface area contributed by atoms with Gasteiger partial charge in [-0.25, -0.2) is 19.4 Å². The Morgan fingerprint density at radius 1 is 0.885 bits per heavy atom. The largest absolute Gasteiger partial charge is 0.514 e. The number of ether oxygens (including phenoxy) is 4. The quantitative estimate of drug-likeness (QED) is 0.765. The van der Waals surface area contributed by atoms with Gasteiger partial charge in [-0.3, -0.25) is 0 Å². The fourth-order valence-electron chi connectivity index (χ4n) is 1.42. The van der Waals surface area contributed by atoms with E-state index in [9.17, 15) is 14.4 Å². The number of hydrogen-bond acceptors (Lipinski definition) is 8. The first-order valence-electron chi connectivity index (χ1n) is 7.32. The van der Waals surface area contributed by atoms with E-state index in [1.807, 2.05) is 0 Å². The molecule has 0 radical (unpaired) electrons. The first kappa shape index (κ1) is 23.4. The topological polar surface area (TPSA) is 121 Å². The predicted molar refractivity (Wildman–Crippen MR) is 92.2 cm³/mol. The summed E-state index contributed by atoms with van der Waals surface area (Å²) in [5.41, 5.74) is -2.04. The minimum Gasteiger partial charge on any atom is -0.477 e. The number of aromatic nitrogens is 1. The highest BCUT2D eigenvalue weighted by Gasteiger charge is 2.24. The Kier molecular flexibility index (Phi) is 7.85. The molecule has 0 unspecified atom stereocenters. The molecule has 1 aromatic rings. The molecule has 0 saturated carbocycles. The van der Waals surface area contributed by atoms with Gasteiger partial charge in [0, 0.05) is 6.07 Å². The van der Waals surface area contributed by atoms with Crippen LogP contribution in [0, 0.1) is 0 Å². The third kappa shape index (κ3) is 8.52. The minimum atomic E-state index is -1.35. The second-order valence-corrected chi connectivity index (χ2v) is 6.95. The zero-order valence-corrected chi connectivity index (χ0v) is 16.1. The summed E-state index contributed by atoms with van der Waals surface area (Å²) in [6, 6.07) is 0.936. The summed E-state index contributed by atoms with van der Waals surface area (Å²) in [5.74, 6) is -1.98. The van der Waals surface area contributed by atoms with E-state index in [1.54, 1.807) is 41.5 Å². The SMILES string of the molecule is CC(C)(C)OC(=O)Oc1cnc(C(=O)O)cc1OC(=O)OC(C)(C)C.Cl. The number of carboxylic acids is 1. The van der Waals surface area contributed by atoms with Crippen LogP contribution in [0.5, 0.6) is 11.5 Å². The van der Waals surface area contributed by atoms with E-state index < -0.39 is 35.2 Å². The highest BCUT2D eigenvalue weighted by atomic mass is 35.5. The van der Waals surface area contributed by atoms with Crippen molar-refractivity contribution in [3.05, 3.63) is 18.0 Å². The van der Waals surface area contributed by atoms with Gasteiger partial charge >= 0.3 is 18.3 Å². The zero-order valence-electron chi connectivity index (χ0n) is 15.3. The Labute approximate surface area is 157 Å². The van der Waals surface area contributed by atoms with Crippen LogP contribution in [0.1, 0.15) is 52.0 Å². The van der Waals surface area contributed by atoms with E-state index in [0.29, 0.717) is 0 Å². The first-order valence-corrected chi connectivity index (χ1v) is 7.32. The Bertz CT molecular complexity index is 676. The van der Waals surface area contributed by atoms with Gasteiger partial charge in [0.05, 0.1) is 6.20 Å². The van der Waals surface area contributed by atoms with Crippen molar-refractivity contribution in [1.29, 1.82) is 0 Å². The average molecular weight is 392 g/mol. The fourth-order valence-corrected chi connectivity index (χ4v) is 1.42.